The minimum Gasteiger partial charge on any atom is -0.434 e. The van der Waals surface area contributed by atoms with Gasteiger partial charge in [0.2, 0.25) is 0 Å². The number of alkyl halides is 2. The van der Waals surface area contributed by atoms with Gasteiger partial charge in [0.25, 0.3) is 0 Å². The van der Waals surface area contributed by atoms with Gasteiger partial charge in [-0.15, -0.1) is 0 Å². The first-order valence-corrected chi connectivity index (χ1v) is 6.71. The van der Waals surface area contributed by atoms with Crippen LogP contribution in [0.5, 0.6) is 5.75 Å². The van der Waals surface area contributed by atoms with Gasteiger partial charge >= 0.3 is 6.61 Å². The highest BCUT2D eigenvalue weighted by molar-refractivity contribution is 5.41. The third-order valence-electron chi connectivity index (χ3n) is 3.26. The number of nitrogens with zero attached hydrogens (tertiary/aromatic N) is 1. The average molecular weight is 287 g/mol. The summed E-state index contributed by atoms with van der Waals surface area (Å²) >= 11 is 0. The van der Waals surface area contributed by atoms with Crippen molar-refractivity contribution in [1.82, 2.24) is 4.90 Å². The molecule has 20 heavy (non-hydrogen) atoms. The summed E-state index contributed by atoms with van der Waals surface area (Å²) in [7, 11) is 1.89. The summed E-state index contributed by atoms with van der Waals surface area (Å²) in [6, 6.07) is 3.53. The van der Waals surface area contributed by atoms with Gasteiger partial charge in [-0.05, 0) is 51.4 Å². The van der Waals surface area contributed by atoms with Gasteiger partial charge in [0.05, 0.1) is 6.10 Å². The largest absolute Gasteiger partial charge is 0.434 e. The quantitative estimate of drug-likeness (QED) is 0.836. The first-order chi connectivity index (χ1) is 9.29. The highest BCUT2D eigenvalue weighted by Crippen LogP contribution is 2.26. The highest BCUT2D eigenvalue weighted by atomic mass is 19.3. The van der Waals surface area contributed by atoms with E-state index in [2.05, 4.69) is 4.74 Å². The van der Waals surface area contributed by atoms with Crippen molar-refractivity contribution in [2.24, 2.45) is 0 Å². The molecule has 1 N–H and O–H groups in total. The number of hydrogen-bond donors (Lipinski definition) is 1. The van der Waals surface area contributed by atoms with E-state index in [1.54, 1.807) is 13.0 Å². The lowest BCUT2D eigenvalue weighted by Gasteiger charge is -2.20. The molecule has 1 atom stereocenters. The Morgan fingerprint density at radius 3 is 2.40 bits per heavy atom. The minimum absolute atomic E-state index is 0.229. The van der Waals surface area contributed by atoms with Crippen LogP contribution < -0.4 is 4.74 Å². The maximum Gasteiger partial charge on any atom is 0.387 e. The SMILES string of the molecule is Cc1cc(CN(C)CCC(C)O)c(OC(F)F)cc1C. The van der Waals surface area contributed by atoms with E-state index in [1.807, 2.05) is 31.9 Å². The molecule has 0 heterocycles. The van der Waals surface area contributed by atoms with Crippen LogP contribution in [0.3, 0.4) is 0 Å². The van der Waals surface area contributed by atoms with Gasteiger partial charge in [-0.2, -0.15) is 8.78 Å². The van der Waals surface area contributed by atoms with E-state index in [9.17, 15) is 13.9 Å². The van der Waals surface area contributed by atoms with Crippen molar-refractivity contribution in [3.8, 4) is 5.75 Å². The fourth-order valence-electron chi connectivity index (χ4n) is 1.96. The molecular formula is C15H23F2NO2. The van der Waals surface area contributed by atoms with Crippen LogP contribution in [0.1, 0.15) is 30.0 Å². The summed E-state index contributed by atoms with van der Waals surface area (Å²) in [5.41, 5.74) is 2.71. The van der Waals surface area contributed by atoms with Crippen molar-refractivity contribution in [2.45, 2.75) is 46.5 Å². The normalized spacial score (nSPS) is 13.1. The number of hydrogen-bond acceptors (Lipinski definition) is 3. The lowest BCUT2D eigenvalue weighted by atomic mass is 10.0. The molecule has 0 fully saturated rings. The zero-order valence-electron chi connectivity index (χ0n) is 12.5. The van der Waals surface area contributed by atoms with E-state index >= 15 is 0 Å². The number of aliphatic hydroxyl groups excluding tert-OH is 1. The highest BCUT2D eigenvalue weighted by Gasteiger charge is 2.13. The number of ether oxygens (including phenoxy) is 1. The Labute approximate surface area is 119 Å². The molecule has 0 aromatic heterocycles. The Balaban J connectivity index is 2.83. The molecule has 1 unspecified atom stereocenters. The maximum atomic E-state index is 12.5. The fourth-order valence-corrected chi connectivity index (χ4v) is 1.96. The number of rotatable bonds is 7. The molecule has 3 nitrogen and oxygen atoms in total. The van der Waals surface area contributed by atoms with Gasteiger partial charge in [-0.1, -0.05) is 6.07 Å². The molecule has 1 rings (SSSR count). The van der Waals surface area contributed by atoms with Crippen molar-refractivity contribution in [1.29, 1.82) is 0 Å². The molecule has 5 heteroatoms. The summed E-state index contributed by atoms with van der Waals surface area (Å²) in [6.45, 7) is 3.93. The summed E-state index contributed by atoms with van der Waals surface area (Å²) in [5, 5.41) is 9.27. The van der Waals surface area contributed by atoms with E-state index in [4.69, 9.17) is 0 Å². The summed E-state index contributed by atoms with van der Waals surface area (Å²) in [6.07, 6.45) is 0.279. The number of aliphatic hydroxyl groups is 1. The number of halogens is 2. The Kier molecular flexibility index (Phi) is 6.36. The van der Waals surface area contributed by atoms with Gasteiger partial charge in [-0.25, -0.2) is 0 Å². The predicted octanol–water partition coefficient (Wildman–Crippen LogP) is 3.11. The van der Waals surface area contributed by atoms with Crippen molar-refractivity contribution in [3.63, 3.8) is 0 Å². The molecule has 0 aliphatic heterocycles. The van der Waals surface area contributed by atoms with Gasteiger partial charge in [0.1, 0.15) is 5.75 Å². The third-order valence-corrected chi connectivity index (χ3v) is 3.26. The van der Waals surface area contributed by atoms with Crippen LogP contribution in [-0.2, 0) is 6.54 Å². The van der Waals surface area contributed by atoms with Crippen LogP contribution in [0.4, 0.5) is 8.78 Å². The van der Waals surface area contributed by atoms with Crippen molar-refractivity contribution >= 4 is 0 Å². The molecule has 0 saturated heterocycles. The Bertz CT molecular complexity index is 436. The molecule has 0 amide bonds. The van der Waals surface area contributed by atoms with Crippen LogP contribution in [0.15, 0.2) is 12.1 Å². The first-order valence-electron chi connectivity index (χ1n) is 6.71. The Hall–Kier alpha value is -1.20. The molecule has 114 valence electrons. The molecule has 0 bridgehead atoms. The Morgan fingerprint density at radius 1 is 1.25 bits per heavy atom. The van der Waals surface area contributed by atoms with E-state index in [-0.39, 0.29) is 11.9 Å². The van der Waals surface area contributed by atoms with E-state index in [1.165, 1.54) is 0 Å². The monoisotopic (exact) mass is 287 g/mol. The van der Waals surface area contributed by atoms with Gasteiger partial charge in [-0.3, -0.25) is 0 Å². The molecule has 0 radical (unpaired) electrons. The second-order valence-electron chi connectivity index (χ2n) is 5.30. The zero-order chi connectivity index (χ0) is 15.3. The maximum absolute atomic E-state index is 12.5. The second kappa shape index (κ2) is 7.55. The molecule has 0 spiro atoms. The van der Waals surface area contributed by atoms with Gasteiger partial charge < -0.3 is 14.7 Å². The summed E-state index contributed by atoms with van der Waals surface area (Å²) in [5.74, 6) is 0.229. The van der Waals surface area contributed by atoms with Crippen molar-refractivity contribution in [2.75, 3.05) is 13.6 Å². The first kappa shape index (κ1) is 16.9. The van der Waals surface area contributed by atoms with E-state index in [0.717, 1.165) is 16.7 Å². The van der Waals surface area contributed by atoms with Crippen LogP contribution >= 0.6 is 0 Å². The third kappa shape index (κ3) is 5.43. The van der Waals surface area contributed by atoms with Crippen LogP contribution in [0.2, 0.25) is 0 Å². The van der Waals surface area contributed by atoms with E-state index < -0.39 is 6.61 Å². The molecular weight excluding hydrogens is 264 g/mol. The summed E-state index contributed by atoms with van der Waals surface area (Å²) < 4.78 is 29.5. The molecule has 0 aliphatic rings. The molecule has 0 saturated carbocycles. The lowest BCUT2D eigenvalue weighted by molar-refractivity contribution is -0.0507. The topological polar surface area (TPSA) is 32.7 Å². The summed E-state index contributed by atoms with van der Waals surface area (Å²) in [4.78, 5) is 1.98. The van der Waals surface area contributed by atoms with Crippen LogP contribution in [0, 0.1) is 13.8 Å². The number of aryl methyl sites for hydroxylation is 2. The molecule has 0 aliphatic carbocycles. The second-order valence-corrected chi connectivity index (χ2v) is 5.30. The van der Waals surface area contributed by atoms with E-state index in [0.29, 0.717) is 19.5 Å². The Morgan fingerprint density at radius 2 is 1.85 bits per heavy atom. The minimum atomic E-state index is -2.82. The van der Waals surface area contributed by atoms with Gasteiger partial charge in [0, 0.05) is 18.7 Å². The molecule has 1 aromatic rings. The van der Waals surface area contributed by atoms with Crippen molar-refractivity contribution in [3.05, 3.63) is 28.8 Å². The van der Waals surface area contributed by atoms with Crippen molar-refractivity contribution < 1.29 is 18.6 Å². The average Bonchev–Trinajstić information content (AvgIpc) is 2.32. The molecule has 1 aromatic carbocycles. The van der Waals surface area contributed by atoms with Crippen LogP contribution in [0.25, 0.3) is 0 Å². The van der Waals surface area contributed by atoms with Crippen LogP contribution in [-0.4, -0.2) is 36.3 Å². The number of benzene rings is 1. The lowest BCUT2D eigenvalue weighted by Crippen LogP contribution is -2.22. The zero-order valence-corrected chi connectivity index (χ0v) is 12.5. The van der Waals surface area contributed by atoms with Gasteiger partial charge in [0.15, 0.2) is 0 Å². The predicted molar refractivity (Wildman–Crippen MR) is 75.2 cm³/mol. The smallest absolute Gasteiger partial charge is 0.387 e. The standard InChI is InChI=1S/C15H23F2NO2/c1-10-7-13(9-18(4)6-5-12(3)19)14(8-11(10)2)20-15(16)17/h7-8,12,15,19H,5-6,9H2,1-4H3. The fraction of sp³-hybridized carbons (Fsp3) is 0.600.